The molecule has 0 heterocycles. The van der Waals surface area contributed by atoms with Gasteiger partial charge in [0, 0.05) is 38.1 Å². The molecule has 0 amide bonds. The molecule has 0 aromatic heterocycles. The molecule has 0 aromatic carbocycles. The van der Waals surface area contributed by atoms with Crippen molar-refractivity contribution in [1.29, 1.82) is 0 Å². The van der Waals surface area contributed by atoms with E-state index in [1.807, 2.05) is 0 Å². The summed E-state index contributed by atoms with van der Waals surface area (Å²) in [5.74, 6) is 0. The first-order chi connectivity index (χ1) is 0. The van der Waals surface area contributed by atoms with Crippen LogP contribution in [0, 0.1) is 0 Å². The van der Waals surface area contributed by atoms with Crippen molar-refractivity contribution in [3.05, 3.63) is 0 Å². The van der Waals surface area contributed by atoms with Crippen LogP contribution in [0.25, 0.3) is 0 Å². The Morgan fingerprint density at radius 3 is 1.25 bits per heavy atom. The summed E-state index contributed by atoms with van der Waals surface area (Å²) in [4.78, 5) is 0. The fourth-order valence-corrected chi connectivity index (χ4v) is 0. The van der Waals surface area contributed by atoms with Crippen LogP contribution in [0.2, 0.25) is 0 Å². The summed E-state index contributed by atoms with van der Waals surface area (Å²) in [5.41, 5.74) is 0. The maximum absolute atomic E-state index is 0. The zero-order chi connectivity index (χ0) is 0. The van der Waals surface area contributed by atoms with Crippen LogP contribution < -0.4 is 0 Å². The van der Waals surface area contributed by atoms with E-state index in [2.05, 4.69) is 0 Å². The molecule has 4 heavy (non-hydrogen) atoms. The standard InChI is InChI=1S/Fe.Mg.Mo.H4Si.2H/h;;;1H4;;/q;+2;;;2*-1. The van der Waals surface area contributed by atoms with Gasteiger partial charge >= 0.3 is 23.1 Å². The van der Waals surface area contributed by atoms with Crippen molar-refractivity contribution in [1.82, 2.24) is 0 Å². The van der Waals surface area contributed by atoms with Crippen LogP contribution in [0.4, 0.5) is 0 Å². The Bertz CT molecular complexity index is 13.5. The second-order valence-corrected chi connectivity index (χ2v) is 0. The van der Waals surface area contributed by atoms with Gasteiger partial charge in [0.15, 0.2) is 0 Å². The Morgan fingerprint density at radius 1 is 1.25 bits per heavy atom. The molecule has 0 aromatic rings. The average molecular weight is 210 g/mol. The van der Waals surface area contributed by atoms with Crippen molar-refractivity contribution in [2.75, 3.05) is 0 Å². The van der Waals surface area contributed by atoms with Crippen LogP contribution in [-0.2, 0) is 38.1 Å². The second kappa shape index (κ2) is 19.0. The van der Waals surface area contributed by atoms with Crippen molar-refractivity contribution in [3.8, 4) is 0 Å². The molecule has 0 radical (unpaired) electrons. The molecule has 0 nitrogen and oxygen atoms in total. The van der Waals surface area contributed by atoms with Crippen LogP contribution in [0.5, 0.6) is 0 Å². The Hall–Kier alpha value is 2.19. The van der Waals surface area contributed by atoms with E-state index < -0.39 is 0 Å². The van der Waals surface area contributed by atoms with Crippen molar-refractivity contribution < 1.29 is 41.0 Å². The van der Waals surface area contributed by atoms with Crippen LogP contribution >= 0.6 is 0 Å². The number of hydrogen-bond donors (Lipinski definition) is 0. The summed E-state index contributed by atoms with van der Waals surface area (Å²) in [6, 6.07) is 0. The van der Waals surface area contributed by atoms with Crippen LogP contribution in [0.3, 0.4) is 0 Å². The van der Waals surface area contributed by atoms with Crippen molar-refractivity contribution in [3.63, 3.8) is 0 Å². The van der Waals surface area contributed by atoms with Gasteiger partial charge in [0.05, 0.1) is 0 Å². The van der Waals surface area contributed by atoms with Crippen LogP contribution in [0.15, 0.2) is 0 Å². The maximum atomic E-state index is 0. The third-order valence-corrected chi connectivity index (χ3v) is 0. The van der Waals surface area contributed by atoms with E-state index in [-0.39, 0.29) is 75.0 Å². The molecule has 0 bridgehead atoms. The van der Waals surface area contributed by atoms with E-state index in [0.29, 0.717) is 0 Å². The van der Waals surface area contributed by atoms with E-state index in [1.165, 1.54) is 0 Å². The van der Waals surface area contributed by atoms with Gasteiger partial charge < -0.3 is 2.85 Å². The summed E-state index contributed by atoms with van der Waals surface area (Å²) in [7, 11) is 0. The normalized spacial score (nSPS) is 0. The van der Waals surface area contributed by atoms with E-state index in [9.17, 15) is 0 Å². The topological polar surface area (TPSA) is 0 Å². The molecule has 0 saturated carbocycles. The van der Waals surface area contributed by atoms with Crippen LogP contribution in [0.1, 0.15) is 2.85 Å². The summed E-state index contributed by atoms with van der Waals surface area (Å²) < 4.78 is 0. The third kappa shape index (κ3) is 8.89. The van der Waals surface area contributed by atoms with E-state index in [4.69, 9.17) is 0 Å². The monoisotopic (exact) mass is 212 g/mol. The first-order valence-corrected chi connectivity index (χ1v) is 0. The second-order valence-electron chi connectivity index (χ2n) is 0. The van der Waals surface area contributed by atoms with Gasteiger partial charge in [-0.05, 0) is 11.0 Å². The largest absolute Gasteiger partial charge is 2.00 e. The van der Waals surface area contributed by atoms with Crippen molar-refractivity contribution >= 4 is 34.0 Å². The first kappa shape index (κ1) is 34.8. The van der Waals surface area contributed by atoms with Gasteiger partial charge in [0.1, 0.15) is 0 Å². The van der Waals surface area contributed by atoms with Crippen LogP contribution in [-0.4, -0.2) is 34.0 Å². The Labute approximate surface area is 74.4 Å². The summed E-state index contributed by atoms with van der Waals surface area (Å²) in [6.45, 7) is 0. The minimum atomic E-state index is 0. The minimum Gasteiger partial charge on any atom is -1.00 e. The fourth-order valence-electron chi connectivity index (χ4n) is 0. The zero-order valence-electron chi connectivity index (χ0n) is 3.47. The zero-order valence-corrected chi connectivity index (χ0v) is 5.99. The molecule has 0 aliphatic heterocycles. The summed E-state index contributed by atoms with van der Waals surface area (Å²) in [5, 5.41) is 0. The van der Waals surface area contributed by atoms with Gasteiger partial charge in [-0.2, -0.15) is 0 Å². The fraction of sp³-hybridized carbons (Fsp3) is 0. The molecule has 0 aliphatic carbocycles. The molecule has 0 spiro atoms. The van der Waals surface area contributed by atoms with Gasteiger partial charge in [0.2, 0.25) is 0 Å². The van der Waals surface area contributed by atoms with Gasteiger partial charge in [-0.25, -0.2) is 0 Å². The molecule has 4 heteroatoms. The van der Waals surface area contributed by atoms with Gasteiger partial charge in [-0.1, -0.05) is 0 Å². The average Bonchev–Trinajstić information content (AvgIpc) is 0. The third-order valence-electron chi connectivity index (χ3n) is 0. The maximum Gasteiger partial charge on any atom is 2.00 e. The predicted molar refractivity (Wildman–Crippen MR) is 19.3 cm³/mol. The Balaban J connectivity index is 0. The molecule has 0 aliphatic rings. The SMILES string of the molecule is [Fe].[H-].[H-].[Mg+2].[Mo].[SiH4]. The van der Waals surface area contributed by atoms with E-state index in [1.54, 1.807) is 0 Å². The molecular weight excluding hydrogens is 204 g/mol. The van der Waals surface area contributed by atoms with Crippen molar-refractivity contribution in [2.24, 2.45) is 0 Å². The molecular formula is H6FeMgMoSi. The molecule has 0 fully saturated rings. The molecule has 0 atom stereocenters. The predicted octanol–water partition coefficient (Wildman–Crippen LogP) is -1.61. The summed E-state index contributed by atoms with van der Waals surface area (Å²) >= 11 is 0. The smallest absolute Gasteiger partial charge is 1.00 e. The van der Waals surface area contributed by atoms with Crippen molar-refractivity contribution in [2.45, 2.75) is 0 Å². The number of hydrogen-bond acceptors (Lipinski definition) is 0. The first-order valence-electron chi connectivity index (χ1n) is 0. The van der Waals surface area contributed by atoms with Gasteiger partial charge in [-0.3, -0.25) is 0 Å². The summed E-state index contributed by atoms with van der Waals surface area (Å²) in [6.07, 6.45) is 0. The molecule has 0 rings (SSSR count). The quantitative estimate of drug-likeness (QED) is 0.422. The molecule has 26 valence electrons. The van der Waals surface area contributed by atoms with Gasteiger partial charge in [-0.15, -0.1) is 0 Å². The Kier molecular flexibility index (Phi) is 165. The molecule has 0 saturated heterocycles. The molecule has 0 unspecified atom stereocenters. The number of rotatable bonds is 0. The minimum absolute atomic E-state index is 0. The van der Waals surface area contributed by atoms with E-state index in [0.717, 1.165) is 0 Å². The van der Waals surface area contributed by atoms with E-state index >= 15 is 0 Å². The Morgan fingerprint density at radius 2 is 1.25 bits per heavy atom. The van der Waals surface area contributed by atoms with Gasteiger partial charge in [0.25, 0.3) is 0 Å². The molecule has 0 N–H and O–H groups in total.